The number of benzene rings is 1. The molecule has 0 aromatic heterocycles. The lowest BCUT2D eigenvalue weighted by Gasteiger charge is -2.38. The van der Waals surface area contributed by atoms with E-state index in [4.69, 9.17) is 17.3 Å². The van der Waals surface area contributed by atoms with E-state index in [0.29, 0.717) is 0 Å². The van der Waals surface area contributed by atoms with E-state index >= 15 is 0 Å². The molecule has 0 spiro atoms. The minimum absolute atomic E-state index is 0.141. The summed E-state index contributed by atoms with van der Waals surface area (Å²) in [6, 6.07) is 8.98. The number of nitrogens with zero attached hydrogens (tertiary/aromatic N) is 2. The molecule has 2 fully saturated rings. The standard InChI is InChI=1S/C16H24ClN3/c1-19(10-13-2-4-14(17)5-3-13)16(11-18)8-9-20(12-16)15-6-7-15/h2-5,15H,6-12,18H2,1H3. The Morgan fingerprint density at radius 2 is 2.05 bits per heavy atom. The molecule has 110 valence electrons. The van der Waals surface area contributed by atoms with Crippen LogP contribution in [0.25, 0.3) is 0 Å². The van der Waals surface area contributed by atoms with E-state index in [0.717, 1.165) is 30.7 Å². The normalized spacial score (nSPS) is 27.4. The third-order valence-corrected chi connectivity index (χ3v) is 5.20. The molecular weight excluding hydrogens is 270 g/mol. The molecule has 2 N–H and O–H groups in total. The molecule has 20 heavy (non-hydrogen) atoms. The average Bonchev–Trinajstić information content (AvgIpc) is 3.21. The Morgan fingerprint density at radius 3 is 2.65 bits per heavy atom. The maximum Gasteiger partial charge on any atom is 0.0471 e. The summed E-state index contributed by atoms with van der Waals surface area (Å²) in [5, 5.41) is 0.797. The van der Waals surface area contributed by atoms with Crippen molar-refractivity contribution in [1.82, 2.24) is 9.80 Å². The molecule has 1 aliphatic carbocycles. The summed E-state index contributed by atoms with van der Waals surface area (Å²) in [4.78, 5) is 5.07. The fraction of sp³-hybridized carbons (Fsp3) is 0.625. The predicted molar refractivity (Wildman–Crippen MR) is 83.9 cm³/mol. The molecule has 1 heterocycles. The zero-order chi connectivity index (χ0) is 14.2. The third-order valence-electron chi connectivity index (χ3n) is 4.95. The van der Waals surface area contributed by atoms with Crippen molar-refractivity contribution in [2.45, 2.75) is 37.4 Å². The zero-order valence-corrected chi connectivity index (χ0v) is 12.9. The highest BCUT2D eigenvalue weighted by Crippen LogP contribution is 2.35. The number of hydrogen-bond acceptors (Lipinski definition) is 3. The van der Waals surface area contributed by atoms with Crippen molar-refractivity contribution in [1.29, 1.82) is 0 Å². The van der Waals surface area contributed by atoms with Crippen LogP contribution in [0.2, 0.25) is 5.02 Å². The van der Waals surface area contributed by atoms with Gasteiger partial charge < -0.3 is 5.73 Å². The van der Waals surface area contributed by atoms with E-state index in [2.05, 4.69) is 29.0 Å². The van der Waals surface area contributed by atoms with Crippen molar-refractivity contribution in [2.24, 2.45) is 5.73 Å². The maximum absolute atomic E-state index is 6.14. The first-order chi connectivity index (χ1) is 9.63. The highest BCUT2D eigenvalue weighted by Gasteiger charge is 2.44. The summed E-state index contributed by atoms with van der Waals surface area (Å²) in [5.74, 6) is 0. The number of hydrogen-bond donors (Lipinski definition) is 1. The van der Waals surface area contributed by atoms with Gasteiger partial charge in [0, 0.05) is 42.8 Å². The van der Waals surface area contributed by atoms with Crippen LogP contribution >= 0.6 is 11.6 Å². The molecular formula is C16H24ClN3. The first-order valence-corrected chi connectivity index (χ1v) is 7.90. The van der Waals surface area contributed by atoms with Crippen LogP contribution in [-0.2, 0) is 6.54 Å². The van der Waals surface area contributed by atoms with Gasteiger partial charge in [0.2, 0.25) is 0 Å². The molecule has 1 aromatic carbocycles. The number of likely N-dealkylation sites (tertiary alicyclic amines) is 1. The molecule has 1 atom stereocenters. The molecule has 1 saturated heterocycles. The fourth-order valence-electron chi connectivity index (χ4n) is 3.30. The van der Waals surface area contributed by atoms with Crippen molar-refractivity contribution in [3.05, 3.63) is 34.9 Å². The lowest BCUT2D eigenvalue weighted by molar-refractivity contribution is 0.120. The average molecular weight is 294 g/mol. The number of rotatable bonds is 5. The largest absolute Gasteiger partial charge is 0.329 e. The summed E-state index contributed by atoms with van der Waals surface area (Å²) in [7, 11) is 2.21. The number of nitrogens with two attached hydrogens (primary N) is 1. The van der Waals surface area contributed by atoms with Gasteiger partial charge in [-0.05, 0) is 44.0 Å². The Kier molecular flexibility index (Phi) is 4.04. The smallest absolute Gasteiger partial charge is 0.0471 e. The number of likely N-dealkylation sites (N-methyl/N-ethyl adjacent to an activating group) is 1. The molecule has 3 nitrogen and oxygen atoms in total. The molecule has 2 aliphatic rings. The minimum atomic E-state index is 0.141. The second kappa shape index (κ2) is 5.64. The van der Waals surface area contributed by atoms with Gasteiger partial charge >= 0.3 is 0 Å². The van der Waals surface area contributed by atoms with Crippen LogP contribution in [0, 0.1) is 0 Å². The zero-order valence-electron chi connectivity index (χ0n) is 12.2. The van der Waals surface area contributed by atoms with Crippen LogP contribution in [0.1, 0.15) is 24.8 Å². The van der Waals surface area contributed by atoms with Gasteiger partial charge in [-0.25, -0.2) is 0 Å². The molecule has 1 aromatic rings. The van der Waals surface area contributed by atoms with Crippen molar-refractivity contribution in [3.63, 3.8) is 0 Å². The Balaban J connectivity index is 1.67. The summed E-state index contributed by atoms with van der Waals surface area (Å²) in [5.41, 5.74) is 7.58. The van der Waals surface area contributed by atoms with E-state index in [1.54, 1.807) is 0 Å². The molecule has 0 amide bonds. The SMILES string of the molecule is CN(Cc1ccc(Cl)cc1)C1(CN)CCN(C2CC2)C1. The lowest BCUT2D eigenvalue weighted by Crippen LogP contribution is -2.53. The van der Waals surface area contributed by atoms with Crippen molar-refractivity contribution in [2.75, 3.05) is 26.7 Å². The molecule has 0 radical (unpaired) electrons. The Labute approximate surface area is 126 Å². The van der Waals surface area contributed by atoms with Gasteiger partial charge in [0.25, 0.3) is 0 Å². The van der Waals surface area contributed by atoms with Crippen molar-refractivity contribution >= 4 is 11.6 Å². The highest BCUT2D eigenvalue weighted by molar-refractivity contribution is 6.30. The maximum atomic E-state index is 6.14. The van der Waals surface area contributed by atoms with Crippen LogP contribution in [0.5, 0.6) is 0 Å². The molecule has 4 heteroatoms. The van der Waals surface area contributed by atoms with Gasteiger partial charge in [-0.1, -0.05) is 23.7 Å². The first-order valence-electron chi connectivity index (χ1n) is 7.53. The third kappa shape index (κ3) is 2.86. The van der Waals surface area contributed by atoms with Gasteiger partial charge in [0.15, 0.2) is 0 Å². The van der Waals surface area contributed by atoms with Gasteiger partial charge in [-0.3, -0.25) is 9.80 Å². The molecule has 3 rings (SSSR count). The van der Waals surface area contributed by atoms with E-state index in [1.807, 2.05) is 12.1 Å². The summed E-state index contributed by atoms with van der Waals surface area (Å²) in [6.07, 6.45) is 3.94. The van der Waals surface area contributed by atoms with Crippen molar-refractivity contribution in [3.8, 4) is 0 Å². The van der Waals surface area contributed by atoms with Crippen LogP contribution in [-0.4, -0.2) is 48.1 Å². The minimum Gasteiger partial charge on any atom is -0.329 e. The van der Waals surface area contributed by atoms with Crippen LogP contribution < -0.4 is 5.73 Å². The fourth-order valence-corrected chi connectivity index (χ4v) is 3.43. The molecule has 1 saturated carbocycles. The Hall–Kier alpha value is -0.610. The monoisotopic (exact) mass is 293 g/mol. The highest BCUT2D eigenvalue weighted by atomic mass is 35.5. The van der Waals surface area contributed by atoms with E-state index in [9.17, 15) is 0 Å². The molecule has 1 unspecified atom stereocenters. The quantitative estimate of drug-likeness (QED) is 0.904. The first kappa shape index (κ1) is 14.3. The summed E-state index contributed by atoms with van der Waals surface area (Å²) < 4.78 is 0. The van der Waals surface area contributed by atoms with Crippen LogP contribution in [0.3, 0.4) is 0 Å². The van der Waals surface area contributed by atoms with Crippen LogP contribution in [0.4, 0.5) is 0 Å². The Morgan fingerprint density at radius 1 is 1.35 bits per heavy atom. The second-order valence-electron chi connectivity index (χ2n) is 6.36. The summed E-state index contributed by atoms with van der Waals surface area (Å²) >= 11 is 5.95. The van der Waals surface area contributed by atoms with Crippen LogP contribution in [0.15, 0.2) is 24.3 Å². The Bertz CT molecular complexity index is 457. The second-order valence-corrected chi connectivity index (χ2v) is 6.80. The molecule has 1 aliphatic heterocycles. The molecule has 0 bridgehead atoms. The van der Waals surface area contributed by atoms with E-state index in [-0.39, 0.29) is 5.54 Å². The van der Waals surface area contributed by atoms with E-state index < -0.39 is 0 Å². The predicted octanol–water partition coefficient (Wildman–Crippen LogP) is 2.34. The lowest BCUT2D eigenvalue weighted by atomic mass is 9.96. The topological polar surface area (TPSA) is 32.5 Å². The van der Waals surface area contributed by atoms with E-state index in [1.165, 1.54) is 31.4 Å². The van der Waals surface area contributed by atoms with Gasteiger partial charge in [-0.15, -0.1) is 0 Å². The van der Waals surface area contributed by atoms with Crippen molar-refractivity contribution < 1.29 is 0 Å². The van der Waals surface area contributed by atoms with Gasteiger partial charge in [0.1, 0.15) is 0 Å². The number of halogens is 1. The summed E-state index contributed by atoms with van der Waals surface area (Å²) in [6.45, 7) is 4.00. The van der Waals surface area contributed by atoms with Gasteiger partial charge in [-0.2, -0.15) is 0 Å². The van der Waals surface area contributed by atoms with Gasteiger partial charge in [0.05, 0.1) is 0 Å².